The van der Waals surface area contributed by atoms with Crippen LogP contribution in [0.15, 0.2) is 66.3 Å². The van der Waals surface area contributed by atoms with Crippen LogP contribution in [0.4, 0.5) is 0 Å². The molecule has 30 heavy (non-hydrogen) atoms. The van der Waals surface area contributed by atoms with Gasteiger partial charge in [-0.2, -0.15) is 0 Å². The fourth-order valence-corrected chi connectivity index (χ4v) is 4.57. The van der Waals surface area contributed by atoms with Gasteiger partial charge in [0.1, 0.15) is 5.75 Å². The van der Waals surface area contributed by atoms with Crippen LogP contribution in [0.25, 0.3) is 0 Å². The van der Waals surface area contributed by atoms with E-state index < -0.39 is 8.32 Å². The smallest absolute Gasteiger partial charge is 0.305 e. The molecule has 0 heterocycles. The van der Waals surface area contributed by atoms with Gasteiger partial charge < -0.3 is 18.6 Å². The fourth-order valence-electron chi connectivity index (χ4n) is 3.83. The van der Waals surface area contributed by atoms with Gasteiger partial charge in [0.05, 0.1) is 26.2 Å². The molecule has 162 valence electrons. The van der Waals surface area contributed by atoms with Crippen LogP contribution in [0.2, 0.25) is 19.6 Å². The number of rotatable bonds is 9. The first-order valence-electron chi connectivity index (χ1n) is 10.7. The molecule has 5 heteroatoms. The second-order valence-electron chi connectivity index (χ2n) is 8.71. The summed E-state index contributed by atoms with van der Waals surface area (Å²) in [5.41, 5.74) is 2.26. The molecule has 0 unspecified atom stereocenters. The number of allylic oxidation sites excluding steroid dienone is 1. The third-order valence-corrected chi connectivity index (χ3v) is 6.02. The summed E-state index contributed by atoms with van der Waals surface area (Å²) < 4.78 is 24.2. The first-order valence-corrected chi connectivity index (χ1v) is 14.1. The van der Waals surface area contributed by atoms with Crippen LogP contribution in [0.1, 0.15) is 42.7 Å². The van der Waals surface area contributed by atoms with Crippen LogP contribution >= 0.6 is 0 Å². The molecule has 0 aromatic heterocycles. The van der Waals surface area contributed by atoms with E-state index >= 15 is 0 Å². The molecule has 1 fully saturated rings. The Morgan fingerprint density at radius 3 is 2.00 bits per heavy atom. The summed E-state index contributed by atoms with van der Waals surface area (Å²) in [6.07, 6.45) is 4.73. The highest BCUT2D eigenvalue weighted by molar-refractivity contribution is 6.70. The normalized spacial score (nSPS) is 16.6. The fraction of sp³-hybridized carbons (Fsp3) is 0.440. The molecule has 0 radical (unpaired) electrons. The van der Waals surface area contributed by atoms with Gasteiger partial charge in [-0.1, -0.05) is 42.5 Å². The number of hydrogen-bond acceptors (Lipinski definition) is 4. The number of hydrogen-bond donors (Lipinski definition) is 0. The molecule has 4 nitrogen and oxygen atoms in total. The van der Waals surface area contributed by atoms with Gasteiger partial charge in [0, 0.05) is 0 Å². The van der Waals surface area contributed by atoms with Gasteiger partial charge in [-0.25, -0.2) is 0 Å². The van der Waals surface area contributed by atoms with Crippen molar-refractivity contribution in [3.63, 3.8) is 0 Å². The first kappa shape index (κ1) is 22.3. The highest BCUT2D eigenvalue weighted by Crippen LogP contribution is 2.38. The van der Waals surface area contributed by atoms with E-state index in [-0.39, 0.29) is 12.0 Å². The molecule has 0 aliphatic heterocycles. The van der Waals surface area contributed by atoms with Crippen LogP contribution in [-0.2, 0) is 13.9 Å². The molecule has 0 spiro atoms. The maximum absolute atomic E-state index is 6.66. The zero-order valence-corrected chi connectivity index (χ0v) is 19.8. The summed E-state index contributed by atoms with van der Waals surface area (Å²) in [6.45, 7) is 6.47. The summed E-state index contributed by atoms with van der Waals surface area (Å²) in [5, 5.41) is 0. The molecular formula is C25H34O4Si. The third kappa shape index (κ3) is 5.82. The van der Waals surface area contributed by atoms with E-state index in [9.17, 15) is 0 Å². The van der Waals surface area contributed by atoms with Crippen molar-refractivity contribution in [1.29, 1.82) is 0 Å². The lowest BCUT2D eigenvalue weighted by molar-refractivity contribution is 0.0582. The highest BCUT2D eigenvalue weighted by Gasteiger charge is 2.32. The van der Waals surface area contributed by atoms with Gasteiger partial charge in [-0.3, -0.25) is 0 Å². The molecule has 0 bridgehead atoms. The topological polar surface area (TPSA) is 36.9 Å². The van der Waals surface area contributed by atoms with Crippen molar-refractivity contribution >= 4 is 8.32 Å². The molecule has 0 saturated heterocycles. The van der Waals surface area contributed by atoms with Gasteiger partial charge in [0.2, 0.25) is 8.32 Å². The molecule has 0 amide bonds. The van der Waals surface area contributed by atoms with Crippen molar-refractivity contribution in [3.8, 4) is 5.75 Å². The first-order chi connectivity index (χ1) is 14.4. The van der Waals surface area contributed by atoms with Gasteiger partial charge in [-0.15, -0.1) is 0 Å². The van der Waals surface area contributed by atoms with E-state index in [0.717, 1.165) is 35.5 Å². The van der Waals surface area contributed by atoms with Crippen molar-refractivity contribution in [3.05, 3.63) is 77.4 Å². The van der Waals surface area contributed by atoms with E-state index in [1.165, 1.54) is 12.8 Å². The van der Waals surface area contributed by atoms with Crippen LogP contribution in [-0.4, -0.2) is 28.6 Å². The largest absolute Gasteiger partial charge is 0.517 e. The van der Waals surface area contributed by atoms with Crippen LogP contribution < -0.4 is 4.74 Å². The van der Waals surface area contributed by atoms with Gasteiger partial charge in [0.15, 0.2) is 5.76 Å². The van der Waals surface area contributed by atoms with Crippen LogP contribution in [0.3, 0.4) is 0 Å². The Bertz CT molecular complexity index is 818. The molecule has 1 atom stereocenters. The zero-order chi connectivity index (χ0) is 21.6. The van der Waals surface area contributed by atoms with E-state index in [1.807, 2.05) is 18.2 Å². The summed E-state index contributed by atoms with van der Waals surface area (Å²) in [4.78, 5) is 0. The Balaban J connectivity index is 2.13. The number of ether oxygens (including phenoxy) is 3. The molecule has 1 saturated carbocycles. The minimum atomic E-state index is -1.91. The third-order valence-electron chi connectivity index (χ3n) is 5.23. The van der Waals surface area contributed by atoms with Crippen molar-refractivity contribution in [2.45, 2.75) is 57.3 Å². The molecule has 1 aliphatic carbocycles. The lowest BCUT2D eigenvalue weighted by atomic mass is 9.89. The quantitative estimate of drug-likeness (QED) is 0.341. The van der Waals surface area contributed by atoms with Crippen LogP contribution in [0, 0.1) is 0 Å². The second-order valence-corrected chi connectivity index (χ2v) is 13.1. The SMILES string of the molecule is CO/C(O[Si](C)(C)C)=C(\OC1CCCC1)[C@H](c1ccccc1)c1ccc(OC)cc1. The van der Waals surface area contributed by atoms with Crippen LogP contribution in [0.5, 0.6) is 5.75 Å². The lowest BCUT2D eigenvalue weighted by Gasteiger charge is -2.29. The Hall–Kier alpha value is -2.40. The molecule has 2 aromatic rings. The zero-order valence-electron chi connectivity index (χ0n) is 18.8. The second kappa shape index (κ2) is 10.1. The monoisotopic (exact) mass is 426 g/mol. The summed E-state index contributed by atoms with van der Waals surface area (Å²) in [5.74, 6) is 1.98. The molecule has 2 aromatic carbocycles. The van der Waals surface area contributed by atoms with Gasteiger partial charge >= 0.3 is 5.95 Å². The molecule has 0 N–H and O–H groups in total. The van der Waals surface area contributed by atoms with Crippen molar-refractivity contribution in [2.75, 3.05) is 14.2 Å². The standard InChI is InChI=1S/C25H34O4Si/c1-26-21-17-15-20(16-18-21)23(19-11-7-6-8-12-19)24(28-22-13-9-10-14-22)25(27-2)29-30(3,4)5/h6-8,11-12,15-18,22-23H,9-10,13-14H2,1-5H3/b25-24+/t23-/m1/s1. The minimum Gasteiger partial charge on any atom is -0.517 e. The van der Waals surface area contributed by atoms with E-state index in [2.05, 4.69) is 56.0 Å². The summed E-state index contributed by atoms with van der Waals surface area (Å²) in [7, 11) is 1.45. The van der Waals surface area contributed by atoms with Crippen molar-refractivity contribution in [2.24, 2.45) is 0 Å². The molecular weight excluding hydrogens is 392 g/mol. The Kier molecular flexibility index (Phi) is 7.48. The Morgan fingerprint density at radius 2 is 1.47 bits per heavy atom. The summed E-state index contributed by atoms with van der Waals surface area (Å²) in [6, 6.07) is 18.6. The maximum atomic E-state index is 6.66. The summed E-state index contributed by atoms with van der Waals surface area (Å²) >= 11 is 0. The van der Waals surface area contributed by atoms with Crippen molar-refractivity contribution < 1.29 is 18.6 Å². The van der Waals surface area contributed by atoms with Gasteiger partial charge in [0.25, 0.3) is 0 Å². The molecule has 3 rings (SSSR count). The van der Waals surface area contributed by atoms with E-state index in [4.69, 9.17) is 18.6 Å². The predicted octanol–water partition coefficient (Wildman–Crippen LogP) is 6.45. The lowest BCUT2D eigenvalue weighted by Crippen LogP contribution is -2.28. The average Bonchev–Trinajstić information content (AvgIpc) is 3.25. The number of methoxy groups -OCH3 is 2. The maximum Gasteiger partial charge on any atom is 0.305 e. The Morgan fingerprint density at radius 1 is 0.867 bits per heavy atom. The highest BCUT2D eigenvalue weighted by atomic mass is 28.4. The minimum absolute atomic E-state index is 0.121. The molecule has 1 aliphatic rings. The number of benzene rings is 2. The van der Waals surface area contributed by atoms with Gasteiger partial charge in [-0.05, 0) is 68.6 Å². The van der Waals surface area contributed by atoms with Crippen molar-refractivity contribution in [1.82, 2.24) is 0 Å². The van der Waals surface area contributed by atoms with E-state index in [0.29, 0.717) is 5.95 Å². The average molecular weight is 427 g/mol. The predicted molar refractivity (Wildman–Crippen MR) is 123 cm³/mol. The van der Waals surface area contributed by atoms with E-state index in [1.54, 1.807) is 14.2 Å². The Labute approximate surface area is 181 Å².